The summed E-state index contributed by atoms with van der Waals surface area (Å²) in [6, 6.07) is 5.58. The molecule has 0 aliphatic rings. The summed E-state index contributed by atoms with van der Waals surface area (Å²) in [7, 11) is 0. The Balaban J connectivity index is 2.33. The average Bonchev–Trinajstić information content (AvgIpc) is 2.89. The Kier molecular flexibility index (Phi) is 6.03. The number of aryl methyl sites for hydroxylation is 2. The highest BCUT2D eigenvalue weighted by Crippen LogP contribution is 2.25. The molecule has 0 saturated heterocycles. The van der Waals surface area contributed by atoms with Gasteiger partial charge < -0.3 is 10.6 Å². The number of anilines is 1. The van der Waals surface area contributed by atoms with Crippen LogP contribution in [0.1, 0.15) is 40.1 Å². The lowest BCUT2D eigenvalue weighted by atomic mass is 10.2. The molecule has 0 spiro atoms. The maximum Gasteiger partial charge on any atom is 0.270 e. The van der Waals surface area contributed by atoms with Crippen LogP contribution in [0.15, 0.2) is 24.3 Å². The third kappa shape index (κ3) is 4.38. The molecule has 0 saturated carbocycles. The van der Waals surface area contributed by atoms with E-state index in [-0.39, 0.29) is 24.7 Å². The van der Waals surface area contributed by atoms with E-state index in [1.807, 2.05) is 0 Å². The maximum atomic E-state index is 13.2. The Morgan fingerprint density at radius 1 is 1.29 bits per heavy atom. The molecule has 0 fully saturated rings. The van der Waals surface area contributed by atoms with E-state index in [2.05, 4.69) is 11.9 Å². The number of rotatable bonds is 7. The first-order chi connectivity index (χ1) is 11.4. The first-order valence-corrected chi connectivity index (χ1v) is 8.56. The average molecular weight is 349 g/mol. The van der Waals surface area contributed by atoms with Crippen molar-refractivity contribution < 1.29 is 14.0 Å². The van der Waals surface area contributed by atoms with E-state index in [1.165, 1.54) is 40.5 Å². The standard InChI is InChI=1S/C17H20FN3O2S/c1-3-4-15-20-11(2)16(24-15)17(23)21(10-9-14(19)22)13-7-5-12(18)6-8-13/h5-8H,3-4,9-10H2,1-2H3,(H2,19,22). The van der Waals surface area contributed by atoms with Gasteiger partial charge in [0.15, 0.2) is 0 Å². The zero-order valence-corrected chi connectivity index (χ0v) is 14.5. The molecule has 1 heterocycles. The fourth-order valence-electron chi connectivity index (χ4n) is 2.29. The molecule has 2 rings (SSSR count). The van der Waals surface area contributed by atoms with Gasteiger partial charge in [0.1, 0.15) is 10.7 Å². The molecule has 0 unspecified atom stereocenters. The van der Waals surface area contributed by atoms with Crippen LogP contribution >= 0.6 is 11.3 Å². The second kappa shape index (κ2) is 8.01. The molecule has 128 valence electrons. The van der Waals surface area contributed by atoms with Crippen LogP contribution in [-0.4, -0.2) is 23.3 Å². The molecule has 0 atom stereocenters. The second-order valence-corrected chi connectivity index (χ2v) is 6.51. The number of hydrogen-bond acceptors (Lipinski definition) is 4. The summed E-state index contributed by atoms with van der Waals surface area (Å²) in [5, 5.41) is 0.910. The van der Waals surface area contributed by atoms with E-state index in [0.717, 1.165) is 17.8 Å². The van der Waals surface area contributed by atoms with Gasteiger partial charge in [-0.05, 0) is 44.0 Å². The number of carbonyl (C=O) groups is 2. The minimum atomic E-state index is -0.498. The van der Waals surface area contributed by atoms with Gasteiger partial charge in [-0.2, -0.15) is 0 Å². The predicted octanol–water partition coefficient (Wildman–Crippen LogP) is 3.07. The number of benzene rings is 1. The van der Waals surface area contributed by atoms with Gasteiger partial charge in [0.05, 0.1) is 10.7 Å². The fraction of sp³-hybridized carbons (Fsp3) is 0.353. The SMILES string of the molecule is CCCc1nc(C)c(C(=O)N(CCC(N)=O)c2ccc(F)cc2)s1. The van der Waals surface area contributed by atoms with Gasteiger partial charge in [-0.1, -0.05) is 6.92 Å². The predicted molar refractivity (Wildman–Crippen MR) is 92.7 cm³/mol. The second-order valence-electron chi connectivity index (χ2n) is 5.42. The molecule has 0 aliphatic carbocycles. The van der Waals surface area contributed by atoms with Gasteiger partial charge in [0.25, 0.3) is 5.91 Å². The smallest absolute Gasteiger partial charge is 0.270 e. The van der Waals surface area contributed by atoms with Crippen molar-refractivity contribution in [1.29, 1.82) is 0 Å². The van der Waals surface area contributed by atoms with Crippen LogP contribution in [0.4, 0.5) is 10.1 Å². The van der Waals surface area contributed by atoms with Crippen LogP contribution in [0.5, 0.6) is 0 Å². The van der Waals surface area contributed by atoms with Crippen molar-refractivity contribution in [3.8, 4) is 0 Å². The van der Waals surface area contributed by atoms with E-state index in [4.69, 9.17) is 5.73 Å². The summed E-state index contributed by atoms with van der Waals surface area (Å²) >= 11 is 1.36. The van der Waals surface area contributed by atoms with Gasteiger partial charge in [0.2, 0.25) is 5.91 Å². The Hall–Kier alpha value is -2.28. The molecule has 2 amide bonds. The zero-order valence-electron chi connectivity index (χ0n) is 13.7. The number of primary amides is 1. The number of thiazole rings is 1. The molecule has 0 aliphatic heterocycles. The first kappa shape index (κ1) is 18.1. The molecule has 2 aromatic rings. The molecular formula is C17H20FN3O2S. The molecule has 1 aromatic carbocycles. The van der Waals surface area contributed by atoms with Crippen molar-refractivity contribution in [3.05, 3.63) is 45.7 Å². The molecule has 5 nitrogen and oxygen atoms in total. The zero-order chi connectivity index (χ0) is 17.7. The number of hydrogen-bond donors (Lipinski definition) is 1. The van der Waals surface area contributed by atoms with E-state index < -0.39 is 5.91 Å². The topological polar surface area (TPSA) is 76.3 Å². The molecule has 24 heavy (non-hydrogen) atoms. The monoisotopic (exact) mass is 349 g/mol. The lowest BCUT2D eigenvalue weighted by molar-refractivity contribution is -0.117. The summed E-state index contributed by atoms with van der Waals surface area (Å²) in [6.07, 6.45) is 1.79. The van der Waals surface area contributed by atoms with Gasteiger partial charge >= 0.3 is 0 Å². The fourth-order valence-corrected chi connectivity index (χ4v) is 3.40. The minimum Gasteiger partial charge on any atom is -0.370 e. The third-order valence-corrected chi connectivity index (χ3v) is 4.67. The summed E-state index contributed by atoms with van der Waals surface area (Å²) in [4.78, 5) is 30.5. The summed E-state index contributed by atoms with van der Waals surface area (Å²) in [5.41, 5.74) is 6.40. The number of nitrogens with zero attached hydrogens (tertiary/aromatic N) is 2. The van der Waals surface area contributed by atoms with Crippen LogP contribution in [0, 0.1) is 12.7 Å². The number of halogens is 1. The van der Waals surface area contributed by atoms with Crippen LogP contribution < -0.4 is 10.6 Å². The van der Waals surface area contributed by atoms with E-state index in [1.54, 1.807) is 6.92 Å². The Morgan fingerprint density at radius 2 is 1.96 bits per heavy atom. The van der Waals surface area contributed by atoms with Crippen LogP contribution in [0.3, 0.4) is 0 Å². The largest absolute Gasteiger partial charge is 0.370 e. The molecule has 2 N–H and O–H groups in total. The summed E-state index contributed by atoms with van der Waals surface area (Å²) < 4.78 is 13.2. The molecule has 0 radical (unpaired) electrons. The van der Waals surface area contributed by atoms with E-state index in [9.17, 15) is 14.0 Å². The van der Waals surface area contributed by atoms with Crippen molar-refractivity contribution in [2.45, 2.75) is 33.1 Å². The van der Waals surface area contributed by atoms with Gasteiger partial charge in [-0.15, -0.1) is 11.3 Å². The maximum absolute atomic E-state index is 13.2. The first-order valence-electron chi connectivity index (χ1n) is 7.74. The lowest BCUT2D eigenvalue weighted by Crippen LogP contribution is -2.34. The van der Waals surface area contributed by atoms with Gasteiger partial charge in [-0.25, -0.2) is 9.37 Å². The number of aromatic nitrogens is 1. The summed E-state index contributed by atoms with van der Waals surface area (Å²) in [5.74, 6) is -1.14. The quantitative estimate of drug-likeness (QED) is 0.834. The van der Waals surface area contributed by atoms with E-state index >= 15 is 0 Å². The highest BCUT2D eigenvalue weighted by molar-refractivity contribution is 7.13. The van der Waals surface area contributed by atoms with Crippen LogP contribution in [-0.2, 0) is 11.2 Å². The lowest BCUT2D eigenvalue weighted by Gasteiger charge is -2.22. The minimum absolute atomic E-state index is 0.0305. The van der Waals surface area contributed by atoms with Gasteiger partial charge in [-0.3, -0.25) is 9.59 Å². The highest BCUT2D eigenvalue weighted by atomic mass is 32.1. The van der Waals surface area contributed by atoms with Crippen LogP contribution in [0.2, 0.25) is 0 Å². The van der Waals surface area contributed by atoms with Gasteiger partial charge in [0, 0.05) is 18.7 Å². The van der Waals surface area contributed by atoms with Crippen molar-refractivity contribution in [3.63, 3.8) is 0 Å². The number of amides is 2. The normalized spacial score (nSPS) is 10.6. The Bertz CT molecular complexity index is 728. The molecule has 1 aromatic heterocycles. The molecule has 0 bridgehead atoms. The van der Waals surface area contributed by atoms with Crippen molar-refractivity contribution >= 4 is 28.8 Å². The third-order valence-electron chi connectivity index (χ3n) is 3.46. The molecular weight excluding hydrogens is 329 g/mol. The highest BCUT2D eigenvalue weighted by Gasteiger charge is 2.23. The number of nitrogens with two attached hydrogens (primary N) is 1. The van der Waals surface area contributed by atoms with Crippen LogP contribution in [0.25, 0.3) is 0 Å². The van der Waals surface area contributed by atoms with E-state index in [0.29, 0.717) is 16.3 Å². The van der Waals surface area contributed by atoms with Crippen molar-refractivity contribution in [2.75, 3.05) is 11.4 Å². The number of carbonyl (C=O) groups excluding carboxylic acids is 2. The summed E-state index contributed by atoms with van der Waals surface area (Å²) in [6.45, 7) is 3.98. The van der Waals surface area contributed by atoms with Crippen molar-refractivity contribution in [1.82, 2.24) is 4.98 Å². The molecule has 7 heteroatoms. The Labute approximate surface area is 144 Å². The van der Waals surface area contributed by atoms with Crippen molar-refractivity contribution in [2.24, 2.45) is 5.73 Å². The Morgan fingerprint density at radius 3 is 2.54 bits per heavy atom.